The van der Waals surface area contributed by atoms with Crippen LogP contribution in [-0.2, 0) is 10.0 Å². The predicted octanol–water partition coefficient (Wildman–Crippen LogP) is 5.35. The van der Waals surface area contributed by atoms with Crippen molar-refractivity contribution in [3.8, 4) is 5.75 Å². The molecule has 0 saturated heterocycles. The molecule has 0 atom stereocenters. The number of halogens is 3. The van der Waals surface area contributed by atoms with Crippen LogP contribution >= 0.6 is 34.8 Å². The summed E-state index contributed by atoms with van der Waals surface area (Å²) in [6, 6.07) is 7.83. The van der Waals surface area contributed by atoms with Crippen LogP contribution in [0, 0.1) is 6.92 Å². The van der Waals surface area contributed by atoms with Gasteiger partial charge in [0.05, 0.1) is 24.4 Å². The highest BCUT2D eigenvalue weighted by Gasteiger charge is 2.29. The van der Waals surface area contributed by atoms with E-state index in [1.54, 1.807) is 25.1 Å². The number of anilines is 1. The summed E-state index contributed by atoms with van der Waals surface area (Å²) in [5.74, 6) is 0.292. The molecule has 8 heteroatoms. The highest BCUT2D eigenvalue weighted by atomic mass is 35.5. The van der Waals surface area contributed by atoms with Crippen LogP contribution in [-0.4, -0.2) is 22.1 Å². The molecule has 0 N–H and O–H groups in total. The molecule has 0 bridgehead atoms. The van der Waals surface area contributed by atoms with Gasteiger partial charge in [0.1, 0.15) is 15.7 Å². The summed E-state index contributed by atoms with van der Waals surface area (Å²) in [5.41, 5.74) is 1.18. The first-order valence-electron chi connectivity index (χ1n) is 7.15. The van der Waals surface area contributed by atoms with E-state index in [2.05, 4.69) is 6.58 Å². The van der Waals surface area contributed by atoms with Crippen molar-refractivity contribution in [3.05, 3.63) is 63.6 Å². The number of ether oxygens (including phenoxy) is 1. The Morgan fingerprint density at radius 1 is 1.16 bits per heavy atom. The minimum Gasteiger partial charge on any atom is -0.495 e. The second-order valence-electron chi connectivity index (χ2n) is 5.15. The van der Waals surface area contributed by atoms with Crippen LogP contribution in [0.15, 0.2) is 47.9 Å². The van der Waals surface area contributed by atoms with Gasteiger partial charge in [-0.3, -0.25) is 4.31 Å². The average Bonchev–Trinajstić information content (AvgIpc) is 2.57. The Bertz CT molecular complexity index is 914. The van der Waals surface area contributed by atoms with Crippen molar-refractivity contribution in [1.29, 1.82) is 0 Å². The molecule has 0 aliphatic heterocycles. The molecule has 2 aromatic carbocycles. The third-order valence-electron chi connectivity index (χ3n) is 3.53. The topological polar surface area (TPSA) is 46.6 Å². The van der Waals surface area contributed by atoms with E-state index in [4.69, 9.17) is 39.5 Å². The molecule has 0 aliphatic rings. The third kappa shape index (κ3) is 3.90. The first-order chi connectivity index (χ1) is 11.7. The number of aryl methyl sites for hydroxylation is 1. The van der Waals surface area contributed by atoms with Gasteiger partial charge in [0.2, 0.25) is 0 Å². The molecule has 0 saturated carbocycles. The standard InChI is InChI=1S/C17H16Cl3NO3S/c1-4-9-21(13-10-12(18)6-5-11(13)2)25(22,23)15-8-7-14(24-3)16(19)17(15)20/h4-8,10H,1,9H2,2-3H3. The lowest BCUT2D eigenvalue weighted by atomic mass is 10.2. The zero-order valence-electron chi connectivity index (χ0n) is 13.6. The van der Waals surface area contributed by atoms with Gasteiger partial charge in [0.25, 0.3) is 10.0 Å². The average molecular weight is 421 g/mol. The molecule has 0 fully saturated rings. The Morgan fingerprint density at radius 3 is 2.44 bits per heavy atom. The number of sulfonamides is 1. The maximum Gasteiger partial charge on any atom is 0.266 e. The first kappa shape index (κ1) is 19.9. The molecule has 134 valence electrons. The van der Waals surface area contributed by atoms with Gasteiger partial charge >= 0.3 is 0 Å². The summed E-state index contributed by atoms with van der Waals surface area (Å²) < 4.78 is 32.7. The van der Waals surface area contributed by atoms with Crippen molar-refractivity contribution in [1.82, 2.24) is 0 Å². The molecule has 0 aliphatic carbocycles. The van der Waals surface area contributed by atoms with Gasteiger partial charge in [-0.05, 0) is 36.8 Å². The molecule has 0 unspecified atom stereocenters. The fourth-order valence-electron chi connectivity index (χ4n) is 2.28. The van der Waals surface area contributed by atoms with E-state index in [0.717, 1.165) is 5.56 Å². The quantitative estimate of drug-likeness (QED) is 0.592. The Balaban J connectivity index is 2.67. The van der Waals surface area contributed by atoms with Gasteiger partial charge in [-0.1, -0.05) is 46.9 Å². The second kappa shape index (κ2) is 7.87. The third-order valence-corrected chi connectivity index (χ3v) is 6.57. The van der Waals surface area contributed by atoms with Crippen molar-refractivity contribution >= 4 is 50.5 Å². The van der Waals surface area contributed by atoms with Crippen molar-refractivity contribution in [2.75, 3.05) is 18.0 Å². The monoisotopic (exact) mass is 419 g/mol. The molecule has 0 aromatic heterocycles. The summed E-state index contributed by atoms with van der Waals surface area (Å²) >= 11 is 18.3. The van der Waals surface area contributed by atoms with Crippen LogP contribution in [0.5, 0.6) is 5.75 Å². The lowest BCUT2D eigenvalue weighted by Crippen LogP contribution is -2.32. The Kier molecular flexibility index (Phi) is 6.27. The Hall–Kier alpha value is -1.40. The van der Waals surface area contributed by atoms with E-state index in [1.165, 1.54) is 29.6 Å². The van der Waals surface area contributed by atoms with Gasteiger partial charge in [-0.25, -0.2) is 8.42 Å². The number of hydrogen-bond acceptors (Lipinski definition) is 3. The van der Waals surface area contributed by atoms with Crippen LogP contribution in [0.2, 0.25) is 15.1 Å². The van der Waals surface area contributed by atoms with E-state index in [-0.39, 0.29) is 21.5 Å². The summed E-state index contributed by atoms with van der Waals surface area (Å²) in [4.78, 5) is -0.124. The zero-order chi connectivity index (χ0) is 18.8. The van der Waals surface area contributed by atoms with Crippen LogP contribution in [0.3, 0.4) is 0 Å². The summed E-state index contributed by atoms with van der Waals surface area (Å²) in [6.45, 7) is 5.47. The highest BCUT2D eigenvalue weighted by Crippen LogP contribution is 2.39. The van der Waals surface area contributed by atoms with Crippen molar-refractivity contribution < 1.29 is 13.2 Å². The second-order valence-corrected chi connectivity index (χ2v) is 8.17. The van der Waals surface area contributed by atoms with Gasteiger partial charge in [-0.15, -0.1) is 6.58 Å². The van der Waals surface area contributed by atoms with Crippen LogP contribution in [0.1, 0.15) is 5.56 Å². The molecular formula is C17H16Cl3NO3S. The fourth-order valence-corrected chi connectivity index (χ4v) is 4.76. The molecule has 4 nitrogen and oxygen atoms in total. The minimum atomic E-state index is -4.00. The number of rotatable bonds is 6. The van der Waals surface area contributed by atoms with E-state index in [9.17, 15) is 8.42 Å². The summed E-state index contributed by atoms with van der Waals surface area (Å²) in [6.07, 6.45) is 1.48. The zero-order valence-corrected chi connectivity index (χ0v) is 16.7. The molecule has 25 heavy (non-hydrogen) atoms. The lowest BCUT2D eigenvalue weighted by molar-refractivity contribution is 0.414. The molecular weight excluding hydrogens is 405 g/mol. The first-order valence-corrected chi connectivity index (χ1v) is 9.73. The summed E-state index contributed by atoms with van der Waals surface area (Å²) in [7, 11) is -2.58. The molecule has 0 radical (unpaired) electrons. The predicted molar refractivity (Wildman–Crippen MR) is 104 cm³/mol. The molecule has 2 rings (SSSR count). The van der Waals surface area contributed by atoms with Crippen molar-refractivity contribution in [2.45, 2.75) is 11.8 Å². The Morgan fingerprint density at radius 2 is 1.84 bits per heavy atom. The molecule has 2 aromatic rings. The lowest BCUT2D eigenvalue weighted by Gasteiger charge is -2.25. The van der Waals surface area contributed by atoms with E-state index in [0.29, 0.717) is 16.5 Å². The number of benzene rings is 2. The highest BCUT2D eigenvalue weighted by molar-refractivity contribution is 7.93. The van der Waals surface area contributed by atoms with Gasteiger partial charge in [-0.2, -0.15) is 0 Å². The molecule has 0 amide bonds. The van der Waals surface area contributed by atoms with Crippen molar-refractivity contribution in [2.24, 2.45) is 0 Å². The maximum absolute atomic E-state index is 13.2. The van der Waals surface area contributed by atoms with Crippen LogP contribution < -0.4 is 9.04 Å². The van der Waals surface area contributed by atoms with E-state index < -0.39 is 10.0 Å². The SMILES string of the molecule is C=CCN(c1cc(Cl)ccc1C)S(=O)(=O)c1ccc(OC)c(Cl)c1Cl. The van der Waals surface area contributed by atoms with Gasteiger partial charge in [0.15, 0.2) is 0 Å². The van der Waals surface area contributed by atoms with Gasteiger partial charge in [0, 0.05) is 5.02 Å². The van der Waals surface area contributed by atoms with Crippen LogP contribution in [0.4, 0.5) is 5.69 Å². The van der Waals surface area contributed by atoms with E-state index >= 15 is 0 Å². The normalized spacial score (nSPS) is 11.2. The maximum atomic E-state index is 13.2. The number of hydrogen-bond donors (Lipinski definition) is 0. The smallest absolute Gasteiger partial charge is 0.266 e. The van der Waals surface area contributed by atoms with Crippen molar-refractivity contribution in [3.63, 3.8) is 0 Å². The van der Waals surface area contributed by atoms with E-state index in [1.807, 2.05) is 0 Å². The number of nitrogens with zero attached hydrogens (tertiary/aromatic N) is 1. The van der Waals surface area contributed by atoms with Gasteiger partial charge < -0.3 is 4.74 Å². The number of methoxy groups -OCH3 is 1. The minimum absolute atomic E-state index is 0.0339. The Labute approximate surface area is 162 Å². The molecule has 0 heterocycles. The summed E-state index contributed by atoms with van der Waals surface area (Å²) in [5, 5.41) is 0.352. The molecule has 0 spiro atoms. The fraction of sp³-hybridized carbons (Fsp3) is 0.176. The largest absolute Gasteiger partial charge is 0.495 e. The van der Waals surface area contributed by atoms with Crippen LogP contribution in [0.25, 0.3) is 0 Å².